The van der Waals surface area contributed by atoms with Crippen LogP contribution >= 0.6 is 11.8 Å². The molecule has 0 saturated heterocycles. The fourth-order valence-electron chi connectivity index (χ4n) is 3.37. The van der Waals surface area contributed by atoms with Gasteiger partial charge in [0.15, 0.2) is 0 Å². The largest absolute Gasteiger partial charge is 0.872 e. The summed E-state index contributed by atoms with van der Waals surface area (Å²) in [5.41, 5.74) is 7.72. The molecular formula is C26H25N5O2S. The highest BCUT2D eigenvalue weighted by Crippen LogP contribution is 2.21. The van der Waals surface area contributed by atoms with E-state index in [1.807, 2.05) is 54.8 Å². The fourth-order valence-corrected chi connectivity index (χ4v) is 4.13. The van der Waals surface area contributed by atoms with Gasteiger partial charge >= 0.3 is 5.16 Å². The first-order valence-electron chi connectivity index (χ1n) is 10.8. The third-order valence-electron chi connectivity index (χ3n) is 5.25. The molecule has 4 aromatic rings. The van der Waals surface area contributed by atoms with Crippen LogP contribution in [0.25, 0.3) is 17.1 Å². The van der Waals surface area contributed by atoms with E-state index in [4.69, 9.17) is 0 Å². The minimum atomic E-state index is -0.289. The molecule has 0 aliphatic carbocycles. The Kier molecular flexibility index (Phi) is 7.08. The Bertz CT molecular complexity index is 1330. The number of carbonyl (C=O) groups is 1. The SMILES string of the molecule is CC(=NNC(=O)CSc1n[nH]c(-c2ccc(C)cc2)[n+]1-c1ccc(C)cc1)c1ccccc1[O-]. The molecule has 1 heterocycles. The van der Waals surface area contributed by atoms with Gasteiger partial charge < -0.3 is 5.11 Å². The quantitative estimate of drug-likeness (QED) is 0.186. The topological polar surface area (TPSA) is 97.1 Å². The molecule has 0 atom stereocenters. The van der Waals surface area contributed by atoms with Gasteiger partial charge in [0.1, 0.15) is 5.69 Å². The number of benzene rings is 3. The van der Waals surface area contributed by atoms with Crippen LogP contribution in [0.4, 0.5) is 0 Å². The summed E-state index contributed by atoms with van der Waals surface area (Å²) in [5, 5.41) is 24.3. The highest BCUT2D eigenvalue weighted by atomic mass is 32.2. The molecule has 3 aromatic carbocycles. The van der Waals surface area contributed by atoms with Crippen LogP contribution in [0, 0.1) is 13.8 Å². The van der Waals surface area contributed by atoms with Crippen molar-refractivity contribution in [2.75, 3.05) is 5.75 Å². The van der Waals surface area contributed by atoms with Gasteiger partial charge in [0, 0.05) is 0 Å². The molecule has 0 fully saturated rings. The van der Waals surface area contributed by atoms with Gasteiger partial charge in [-0.15, -0.1) is 5.10 Å². The summed E-state index contributed by atoms with van der Waals surface area (Å²) in [7, 11) is 0. The first-order valence-corrected chi connectivity index (χ1v) is 11.8. The predicted octanol–water partition coefficient (Wildman–Crippen LogP) is 3.68. The van der Waals surface area contributed by atoms with Gasteiger partial charge in [0.05, 0.1) is 22.1 Å². The zero-order valence-corrected chi connectivity index (χ0v) is 20.0. The summed E-state index contributed by atoms with van der Waals surface area (Å²) in [5.74, 6) is 0.516. The molecule has 0 unspecified atom stereocenters. The van der Waals surface area contributed by atoms with Crippen molar-refractivity contribution in [3.8, 4) is 22.8 Å². The lowest BCUT2D eigenvalue weighted by Gasteiger charge is -2.12. The Labute approximate surface area is 202 Å². The summed E-state index contributed by atoms with van der Waals surface area (Å²) in [6, 6.07) is 22.9. The van der Waals surface area contributed by atoms with Crippen molar-refractivity contribution in [3.63, 3.8) is 0 Å². The number of H-pyrrole nitrogens is 1. The van der Waals surface area contributed by atoms with E-state index in [2.05, 4.69) is 32.9 Å². The molecule has 0 saturated carbocycles. The number of aromatic amines is 1. The molecule has 1 aromatic heterocycles. The van der Waals surface area contributed by atoms with Crippen LogP contribution in [-0.4, -0.2) is 27.6 Å². The Balaban J connectivity index is 1.54. The molecule has 7 nitrogen and oxygen atoms in total. The first kappa shape index (κ1) is 23.3. The fraction of sp³-hybridized carbons (Fsp3) is 0.154. The normalized spacial score (nSPS) is 11.4. The second-order valence-corrected chi connectivity index (χ2v) is 8.85. The van der Waals surface area contributed by atoms with Crippen LogP contribution in [0.2, 0.25) is 0 Å². The minimum Gasteiger partial charge on any atom is -0.872 e. The number of hydrazone groups is 1. The molecule has 0 spiro atoms. The number of hydrogen-bond donors (Lipinski definition) is 2. The van der Waals surface area contributed by atoms with Gasteiger partial charge in [0.2, 0.25) is 0 Å². The van der Waals surface area contributed by atoms with Crippen molar-refractivity contribution in [2.45, 2.75) is 25.9 Å². The molecule has 0 aliphatic heterocycles. The van der Waals surface area contributed by atoms with Gasteiger partial charge in [-0.3, -0.25) is 4.79 Å². The van der Waals surface area contributed by atoms with Gasteiger partial charge in [-0.2, -0.15) is 9.67 Å². The summed E-state index contributed by atoms with van der Waals surface area (Å²) in [6.45, 7) is 5.78. The van der Waals surface area contributed by atoms with E-state index in [9.17, 15) is 9.90 Å². The molecule has 8 heteroatoms. The molecular weight excluding hydrogens is 446 g/mol. The minimum absolute atomic E-state index is 0.111. The van der Waals surface area contributed by atoms with Crippen molar-refractivity contribution >= 4 is 23.4 Å². The second kappa shape index (κ2) is 10.4. The maximum absolute atomic E-state index is 12.5. The van der Waals surface area contributed by atoms with Crippen LogP contribution in [0.15, 0.2) is 83.1 Å². The summed E-state index contributed by atoms with van der Waals surface area (Å²) < 4.78 is 2.00. The number of nitrogens with one attached hydrogen (secondary N) is 2. The number of carbonyl (C=O) groups excluding carboxylic acids is 1. The van der Waals surface area contributed by atoms with Crippen LogP contribution in [0.1, 0.15) is 23.6 Å². The summed E-state index contributed by atoms with van der Waals surface area (Å²) in [4.78, 5) is 12.5. The number of thioether (sulfide) groups is 1. The number of amides is 1. The monoisotopic (exact) mass is 471 g/mol. The number of nitrogens with zero attached hydrogens (tertiary/aromatic N) is 3. The Morgan fingerprint density at radius 1 is 1.03 bits per heavy atom. The zero-order chi connectivity index (χ0) is 24.1. The molecule has 2 N–H and O–H groups in total. The Morgan fingerprint density at radius 2 is 1.68 bits per heavy atom. The first-order chi connectivity index (χ1) is 16.4. The Hall–Kier alpha value is -3.91. The van der Waals surface area contributed by atoms with Crippen LogP contribution in [-0.2, 0) is 4.79 Å². The number of hydrogen-bond acceptors (Lipinski definition) is 5. The van der Waals surface area contributed by atoms with Crippen LogP contribution < -0.4 is 15.1 Å². The van der Waals surface area contributed by atoms with Crippen LogP contribution in [0.3, 0.4) is 0 Å². The van der Waals surface area contributed by atoms with Crippen molar-refractivity contribution in [1.29, 1.82) is 0 Å². The van der Waals surface area contributed by atoms with Gasteiger partial charge in [-0.1, -0.05) is 65.4 Å². The number of para-hydroxylation sites is 1. The lowest BCUT2D eigenvalue weighted by Crippen LogP contribution is -2.34. The second-order valence-electron chi connectivity index (χ2n) is 7.91. The number of aryl methyl sites for hydroxylation is 2. The van der Waals surface area contributed by atoms with E-state index in [1.165, 1.54) is 23.4 Å². The summed E-state index contributed by atoms with van der Waals surface area (Å²) in [6.07, 6.45) is 0. The van der Waals surface area contributed by atoms with E-state index in [1.54, 1.807) is 25.1 Å². The van der Waals surface area contributed by atoms with E-state index < -0.39 is 0 Å². The third kappa shape index (κ3) is 5.35. The molecule has 1 amide bonds. The van der Waals surface area contributed by atoms with Crippen molar-refractivity contribution in [3.05, 3.63) is 89.5 Å². The van der Waals surface area contributed by atoms with Crippen molar-refractivity contribution < 1.29 is 14.5 Å². The standard InChI is InChI=1S/C26H25N5O2S/c1-17-8-12-20(13-9-17)25-29-30-26(31(25)21-14-10-18(2)11-15-21)34-16-24(33)28-27-19(3)22-6-4-5-7-23(22)32/h4-15H,16H2,1-3H3,(H2,27,28,32,33). The van der Waals surface area contributed by atoms with E-state index >= 15 is 0 Å². The van der Waals surface area contributed by atoms with Gasteiger partial charge in [0.25, 0.3) is 11.7 Å². The van der Waals surface area contributed by atoms with Gasteiger partial charge in [-0.25, -0.2) is 5.43 Å². The maximum atomic E-state index is 12.5. The number of rotatable bonds is 7. The predicted molar refractivity (Wildman–Crippen MR) is 132 cm³/mol. The van der Waals surface area contributed by atoms with E-state index in [-0.39, 0.29) is 17.4 Å². The van der Waals surface area contributed by atoms with Crippen molar-refractivity contribution in [1.82, 2.24) is 15.6 Å². The molecule has 172 valence electrons. The molecule has 34 heavy (non-hydrogen) atoms. The zero-order valence-electron chi connectivity index (χ0n) is 19.2. The van der Waals surface area contributed by atoms with Gasteiger partial charge in [-0.05, 0) is 62.4 Å². The highest BCUT2D eigenvalue weighted by Gasteiger charge is 2.24. The average Bonchev–Trinajstić information content (AvgIpc) is 3.26. The lowest BCUT2D eigenvalue weighted by molar-refractivity contribution is -0.625. The molecule has 0 bridgehead atoms. The molecule has 0 aliphatic rings. The lowest BCUT2D eigenvalue weighted by atomic mass is 10.1. The summed E-state index contributed by atoms with van der Waals surface area (Å²) >= 11 is 1.30. The molecule has 4 rings (SSSR count). The van der Waals surface area contributed by atoms with E-state index in [0.29, 0.717) is 16.4 Å². The number of aromatic nitrogens is 3. The average molecular weight is 472 g/mol. The van der Waals surface area contributed by atoms with Crippen molar-refractivity contribution in [2.24, 2.45) is 5.10 Å². The third-order valence-corrected chi connectivity index (χ3v) is 6.19. The maximum Gasteiger partial charge on any atom is 0.342 e. The highest BCUT2D eigenvalue weighted by molar-refractivity contribution is 7.99. The Morgan fingerprint density at radius 3 is 2.35 bits per heavy atom. The van der Waals surface area contributed by atoms with Crippen LogP contribution in [0.5, 0.6) is 5.75 Å². The molecule has 0 radical (unpaired) electrons. The smallest absolute Gasteiger partial charge is 0.342 e. The van der Waals surface area contributed by atoms with E-state index in [0.717, 1.165) is 22.6 Å².